The number of hydrogen-bond donors (Lipinski definition) is 1. The lowest BCUT2D eigenvalue weighted by Crippen LogP contribution is -2.32. The lowest BCUT2D eigenvalue weighted by atomic mass is 9.92. The summed E-state index contributed by atoms with van der Waals surface area (Å²) in [6.45, 7) is 10.3. The van der Waals surface area contributed by atoms with Crippen LogP contribution in [-0.2, 0) is 9.59 Å². The molecule has 2 rings (SSSR count). The van der Waals surface area contributed by atoms with E-state index in [2.05, 4.69) is 0 Å². The number of aliphatic hydroxyl groups excluding tert-OH is 1. The van der Waals surface area contributed by atoms with E-state index in [1.807, 2.05) is 58.9 Å². The molecule has 27 heavy (non-hydrogen) atoms. The Bertz CT molecular complexity index is 721. The number of aliphatic hydroxyl groups is 1. The van der Waals surface area contributed by atoms with Gasteiger partial charge in [0, 0.05) is 13.0 Å². The lowest BCUT2D eigenvalue weighted by Gasteiger charge is -2.27. The molecule has 5 heteroatoms. The second-order valence-electron chi connectivity index (χ2n) is 7.78. The van der Waals surface area contributed by atoms with E-state index in [4.69, 9.17) is 4.74 Å². The van der Waals surface area contributed by atoms with Gasteiger partial charge in [0.15, 0.2) is 11.5 Å². The average Bonchev–Trinajstić information content (AvgIpc) is 2.83. The molecule has 1 N–H and O–H groups in total. The molecule has 5 nitrogen and oxygen atoms in total. The summed E-state index contributed by atoms with van der Waals surface area (Å²) in [5.74, 6) is -0.205. The van der Waals surface area contributed by atoms with E-state index in [1.165, 1.54) is 0 Å². The van der Waals surface area contributed by atoms with Gasteiger partial charge < -0.3 is 14.7 Å². The van der Waals surface area contributed by atoms with Crippen LogP contribution < -0.4 is 4.74 Å². The van der Waals surface area contributed by atoms with Gasteiger partial charge in [0.05, 0.1) is 17.7 Å². The van der Waals surface area contributed by atoms with Crippen molar-refractivity contribution >= 4 is 11.7 Å². The highest BCUT2D eigenvalue weighted by Crippen LogP contribution is 2.39. The number of benzene rings is 1. The zero-order chi connectivity index (χ0) is 20.1. The van der Waals surface area contributed by atoms with Crippen molar-refractivity contribution in [2.75, 3.05) is 6.54 Å². The molecule has 1 unspecified atom stereocenters. The second kappa shape index (κ2) is 9.07. The van der Waals surface area contributed by atoms with Crippen molar-refractivity contribution in [1.82, 2.24) is 4.90 Å². The van der Waals surface area contributed by atoms with Gasteiger partial charge in [-0.1, -0.05) is 39.3 Å². The van der Waals surface area contributed by atoms with Crippen molar-refractivity contribution in [3.8, 4) is 5.75 Å². The molecule has 0 spiro atoms. The van der Waals surface area contributed by atoms with Crippen LogP contribution in [0.15, 0.2) is 35.6 Å². The quantitative estimate of drug-likeness (QED) is 0.688. The van der Waals surface area contributed by atoms with Crippen molar-refractivity contribution in [1.29, 1.82) is 0 Å². The van der Waals surface area contributed by atoms with Crippen LogP contribution in [0.2, 0.25) is 0 Å². The number of carbonyl (C=O) groups excluding carboxylic acids is 2. The van der Waals surface area contributed by atoms with Gasteiger partial charge in [-0.3, -0.25) is 9.59 Å². The second-order valence-corrected chi connectivity index (χ2v) is 7.78. The Balaban J connectivity index is 2.47. The van der Waals surface area contributed by atoms with E-state index >= 15 is 0 Å². The molecule has 0 saturated carbocycles. The molecule has 0 aliphatic carbocycles. The Kier molecular flexibility index (Phi) is 7.05. The fraction of sp³-hybridized carbons (Fsp3) is 0.545. The first kappa shape index (κ1) is 21.0. The number of hydrogen-bond acceptors (Lipinski definition) is 4. The highest BCUT2D eigenvalue weighted by Gasteiger charge is 2.43. The van der Waals surface area contributed by atoms with Gasteiger partial charge in [-0.15, -0.1) is 0 Å². The highest BCUT2D eigenvalue weighted by molar-refractivity contribution is 6.09. The van der Waals surface area contributed by atoms with Crippen LogP contribution in [0.5, 0.6) is 5.75 Å². The van der Waals surface area contributed by atoms with Crippen molar-refractivity contribution in [2.24, 2.45) is 5.92 Å². The molecule has 1 aliphatic rings. The zero-order valence-electron chi connectivity index (χ0n) is 17.0. The van der Waals surface area contributed by atoms with E-state index < -0.39 is 17.7 Å². The van der Waals surface area contributed by atoms with E-state index in [0.29, 0.717) is 18.7 Å². The summed E-state index contributed by atoms with van der Waals surface area (Å²) < 4.78 is 5.78. The standard InChI is InChI=1S/C22H31NO4/c1-6-7-11-23-20(16-9-8-10-17(13-16)27-15(4)5)19(21(25)22(23)26)18(24)12-14(2)3/h8-10,13-15,20,25H,6-7,11-12H2,1-5H3. The number of amides is 1. The predicted molar refractivity (Wildman–Crippen MR) is 106 cm³/mol. The highest BCUT2D eigenvalue weighted by atomic mass is 16.5. The number of rotatable bonds is 9. The summed E-state index contributed by atoms with van der Waals surface area (Å²) in [4.78, 5) is 27.2. The van der Waals surface area contributed by atoms with Gasteiger partial charge in [-0.25, -0.2) is 0 Å². The summed E-state index contributed by atoms with van der Waals surface area (Å²) in [6.07, 6.45) is 2.05. The Hall–Kier alpha value is -2.30. The van der Waals surface area contributed by atoms with Crippen LogP contribution in [0.4, 0.5) is 0 Å². The largest absolute Gasteiger partial charge is 0.503 e. The molecule has 1 aliphatic heterocycles. The maximum atomic E-state index is 12.8. The molecule has 1 aromatic rings. The molecular weight excluding hydrogens is 342 g/mol. The van der Waals surface area contributed by atoms with Crippen molar-refractivity contribution in [2.45, 2.75) is 66.0 Å². The van der Waals surface area contributed by atoms with Gasteiger partial charge in [0.25, 0.3) is 5.91 Å². The molecule has 0 bridgehead atoms. The van der Waals surface area contributed by atoms with Gasteiger partial charge >= 0.3 is 0 Å². The molecule has 0 radical (unpaired) electrons. The van der Waals surface area contributed by atoms with E-state index in [9.17, 15) is 14.7 Å². The minimum Gasteiger partial charge on any atom is -0.503 e. The minimum absolute atomic E-state index is 0.0210. The summed E-state index contributed by atoms with van der Waals surface area (Å²) in [7, 11) is 0. The Morgan fingerprint density at radius 1 is 1.26 bits per heavy atom. The molecule has 1 aromatic carbocycles. The molecule has 1 heterocycles. The smallest absolute Gasteiger partial charge is 0.290 e. The predicted octanol–water partition coefficient (Wildman–Crippen LogP) is 4.58. The molecule has 1 amide bonds. The molecule has 1 atom stereocenters. The topological polar surface area (TPSA) is 66.8 Å². The number of ether oxygens (including phenoxy) is 1. The van der Waals surface area contributed by atoms with Crippen LogP contribution in [0.3, 0.4) is 0 Å². The summed E-state index contributed by atoms with van der Waals surface area (Å²) >= 11 is 0. The number of Topliss-reactive ketones (excluding diaryl/α,β-unsaturated/α-hetero) is 1. The third-order valence-electron chi connectivity index (χ3n) is 4.50. The van der Waals surface area contributed by atoms with Crippen LogP contribution in [0, 0.1) is 5.92 Å². The van der Waals surface area contributed by atoms with Crippen LogP contribution in [0.1, 0.15) is 65.5 Å². The monoisotopic (exact) mass is 373 g/mol. The van der Waals surface area contributed by atoms with Gasteiger partial charge in [0.2, 0.25) is 0 Å². The molecule has 0 saturated heterocycles. The van der Waals surface area contributed by atoms with Gasteiger partial charge in [0.1, 0.15) is 5.75 Å². The van der Waals surface area contributed by atoms with Gasteiger partial charge in [-0.2, -0.15) is 0 Å². The van der Waals surface area contributed by atoms with Crippen molar-refractivity contribution < 1.29 is 19.4 Å². The maximum absolute atomic E-state index is 12.8. The zero-order valence-corrected chi connectivity index (χ0v) is 17.0. The van der Waals surface area contributed by atoms with Crippen molar-refractivity contribution in [3.63, 3.8) is 0 Å². The van der Waals surface area contributed by atoms with E-state index in [1.54, 1.807) is 4.90 Å². The first-order valence-electron chi connectivity index (χ1n) is 9.80. The summed E-state index contributed by atoms with van der Waals surface area (Å²) in [6, 6.07) is 6.89. The molecule has 0 fully saturated rings. The first-order valence-corrected chi connectivity index (χ1v) is 9.80. The number of unbranched alkanes of at least 4 members (excludes halogenated alkanes) is 1. The lowest BCUT2D eigenvalue weighted by molar-refractivity contribution is -0.129. The SMILES string of the molecule is CCCCN1C(=O)C(O)=C(C(=O)CC(C)C)C1c1cccc(OC(C)C)c1. The maximum Gasteiger partial charge on any atom is 0.290 e. The Morgan fingerprint density at radius 2 is 1.96 bits per heavy atom. The van der Waals surface area contributed by atoms with E-state index in [-0.39, 0.29) is 23.4 Å². The normalized spacial score (nSPS) is 17.4. The Labute approximate surface area is 162 Å². The minimum atomic E-state index is -0.564. The number of carbonyl (C=O) groups is 2. The number of ketones is 1. The average molecular weight is 373 g/mol. The molecule has 148 valence electrons. The fourth-order valence-corrected chi connectivity index (χ4v) is 3.35. The molecule has 0 aromatic heterocycles. The van der Waals surface area contributed by atoms with Crippen LogP contribution in [0.25, 0.3) is 0 Å². The summed E-state index contributed by atoms with van der Waals surface area (Å²) in [5, 5.41) is 10.5. The first-order chi connectivity index (χ1) is 12.8. The van der Waals surface area contributed by atoms with Crippen LogP contribution >= 0.6 is 0 Å². The third kappa shape index (κ3) is 4.90. The Morgan fingerprint density at radius 3 is 2.56 bits per heavy atom. The number of nitrogens with zero attached hydrogens (tertiary/aromatic N) is 1. The molecular formula is C22H31NO4. The van der Waals surface area contributed by atoms with E-state index in [0.717, 1.165) is 18.4 Å². The van der Waals surface area contributed by atoms with Gasteiger partial charge in [-0.05, 0) is 43.9 Å². The third-order valence-corrected chi connectivity index (χ3v) is 4.50. The van der Waals surface area contributed by atoms with Crippen molar-refractivity contribution in [3.05, 3.63) is 41.2 Å². The summed E-state index contributed by atoms with van der Waals surface area (Å²) in [5.41, 5.74) is 1.00. The van der Waals surface area contributed by atoms with Crippen LogP contribution in [-0.4, -0.2) is 34.3 Å². The fourth-order valence-electron chi connectivity index (χ4n) is 3.35.